The summed E-state index contributed by atoms with van der Waals surface area (Å²) in [7, 11) is 6.45. The van der Waals surface area contributed by atoms with Crippen molar-refractivity contribution in [1.29, 1.82) is 0 Å². The van der Waals surface area contributed by atoms with Gasteiger partial charge in [-0.3, -0.25) is 24.5 Å². The molecule has 0 bridgehead atoms. The molecule has 21 nitrogen and oxygen atoms in total. The molecule has 12 rings (SSSR count). The van der Waals surface area contributed by atoms with E-state index in [1.807, 2.05) is 42.5 Å². The Hall–Kier alpha value is -5.62. The van der Waals surface area contributed by atoms with E-state index >= 15 is 0 Å². The molecule has 3 aliphatic carbocycles. The van der Waals surface area contributed by atoms with Crippen molar-refractivity contribution in [2.45, 2.75) is 166 Å². The molecule has 0 spiro atoms. The number of ketones is 1. The van der Waals surface area contributed by atoms with Gasteiger partial charge in [0.2, 0.25) is 5.97 Å². The van der Waals surface area contributed by atoms with Gasteiger partial charge in [-0.05, 0) is 235 Å². The van der Waals surface area contributed by atoms with Crippen molar-refractivity contribution >= 4 is 65.0 Å². The van der Waals surface area contributed by atoms with E-state index in [0.29, 0.717) is 108 Å². The molecule has 551 valence electrons. The molecule has 3 fully saturated rings. The first-order valence-electron chi connectivity index (χ1n) is 33.0. The number of halogens is 6. The van der Waals surface area contributed by atoms with Gasteiger partial charge in [-0.15, -0.1) is 0 Å². The number of carbonyl (C=O) groups excluding carboxylic acids is 4. The van der Waals surface area contributed by atoms with Crippen molar-refractivity contribution in [3.8, 4) is 0 Å². The summed E-state index contributed by atoms with van der Waals surface area (Å²) in [5.74, 6) is -4.26. The minimum atomic E-state index is -0.639. The molecule has 5 radical (unpaired) electrons. The Morgan fingerprint density at radius 1 is 0.510 bits per heavy atom. The molecule has 9 aromatic rings. The minimum Gasteiger partial charge on any atom is -0.793 e. The molecular formula is C73H87BF6N6NaO15Pr2. The van der Waals surface area contributed by atoms with Crippen LogP contribution in [0.25, 0.3) is 33.3 Å². The summed E-state index contributed by atoms with van der Waals surface area (Å²) in [6.45, 7) is 5.77. The molecule has 104 heavy (non-hydrogen) atoms. The molecular weight excluding hydrogens is 1630 g/mol. The van der Waals surface area contributed by atoms with Gasteiger partial charge in [0.1, 0.15) is 40.7 Å². The SMILES string of the molecule is CC(=O)OOC(C)=O.CN(CCCc1ccc(F)cc1F)C1CCC(c2ccc3[nH]c(=O)oc3c2)CC1.NCCCc1ccc(F)cc1F.O.O.O=C1CCC(c2ccc3[nH]c(=O)oc3c2)CC1.O=c1[nH]c2ccc(C3CCC(NCCCc4ccc(F)cc4F)CC3)cc2o1.[B-]OC(C)=O.[Na+].[Pr].[Pr]. The van der Waals surface area contributed by atoms with E-state index in [1.165, 1.54) is 48.4 Å². The number of H-pyrrole nitrogens is 3. The third-order valence-electron chi connectivity index (χ3n) is 17.5. The maximum Gasteiger partial charge on any atom is 1.00 e. The van der Waals surface area contributed by atoms with Crippen LogP contribution < -0.4 is 57.9 Å². The van der Waals surface area contributed by atoms with Crippen LogP contribution in [0.15, 0.2) is 137 Å². The van der Waals surface area contributed by atoms with E-state index in [2.05, 4.69) is 66.8 Å². The van der Waals surface area contributed by atoms with Gasteiger partial charge in [-0.25, -0.2) is 60.1 Å². The number of carbonyl (C=O) groups is 4. The number of rotatable bonds is 16. The maximum absolute atomic E-state index is 13.8. The zero-order chi connectivity index (χ0) is 71.5. The van der Waals surface area contributed by atoms with E-state index in [9.17, 15) is 59.9 Å². The standard InChI is InChI=1S/C23H26F2N2O2.C22H24F2N2O2.C13H13NO3.C9H11F2N.C4H6O4.C2H3BO2.Na.2H2O.2Pr/c1-27(12-2-3-16-4-8-18(24)14-20(16)25)19-9-5-15(6-10-19)17-7-11-21-22(13-17)29-23(28)26-21;23-17-7-3-15(19(24)13-17)2-1-11-25-18-8-4-14(5-9-18)16-6-10-20-21(12-16)28-22(27)26-20;15-10-4-1-8(2-5-10)9-3-6-11-12(7-9)17-13(16)14-11;10-8-4-3-7(2-1-5-12)9(11)6-8;1-3(5)7-8-4(2)6;1-2(4)5-3;;;;;/h4,7-8,11,13-15,19H,2-3,5-6,9-10,12H2,1H3,(H,26,28);3,6-7,10,12-14,18,25H,1-2,4-5,8-9,11H2,(H,26,27);3,6-8H,1-2,4-5H2,(H,14,16);3-4,6H,1-2,5,12H2;1-2H3;1H3;;2*1H2;;/q;;;;;-1;+1;;;;. The molecule has 3 saturated carbocycles. The smallest absolute Gasteiger partial charge is 0.793 e. The molecule has 3 heterocycles. The molecule has 0 unspecified atom stereocenters. The normalized spacial score (nSPS) is 15.9. The fraction of sp³-hybridized carbons (Fsp3) is 0.411. The number of Topliss-reactive ketones (excluding diaryl/α,β-unsaturated/α-hetero) is 1. The maximum atomic E-state index is 13.8. The number of benzene rings is 6. The number of oxazole rings is 3. The molecule has 6 aromatic carbocycles. The van der Waals surface area contributed by atoms with Crippen molar-refractivity contribution in [1.82, 2.24) is 25.2 Å². The van der Waals surface area contributed by atoms with Crippen molar-refractivity contribution in [2.24, 2.45) is 5.73 Å². The van der Waals surface area contributed by atoms with E-state index in [-0.39, 0.29) is 123 Å². The number of hydrogen-bond donors (Lipinski definition) is 5. The molecule has 3 aliphatic rings. The van der Waals surface area contributed by atoms with Gasteiger partial charge >= 0.3 is 58.8 Å². The summed E-state index contributed by atoms with van der Waals surface area (Å²) in [5.41, 5.74) is 14.6. The third kappa shape index (κ3) is 31.7. The van der Waals surface area contributed by atoms with Crippen molar-refractivity contribution in [2.75, 3.05) is 26.7 Å². The molecule has 31 heteroatoms. The summed E-state index contributed by atoms with van der Waals surface area (Å²) < 4.78 is 97.6. The molecule has 3 aromatic heterocycles. The van der Waals surface area contributed by atoms with E-state index in [1.54, 1.807) is 6.07 Å². The van der Waals surface area contributed by atoms with Gasteiger partial charge in [0.15, 0.2) is 16.7 Å². The van der Waals surface area contributed by atoms with Crippen molar-refractivity contribution in [3.63, 3.8) is 0 Å². The number of nitrogens with zero attached hydrogens (tertiary/aromatic N) is 1. The third-order valence-corrected chi connectivity index (χ3v) is 17.5. The second kappa shape index (κ2) is 48.6. The van der Waals surface area contributed by atoms with Crippen LogP contribution in [-0.4, -0.2) is 101 Å². The van der Waals surface area contributed by atoms with Gasteiger partial charge in [0.25, 0.3) is 0 Å². The number of fused-ring (bicyclic) bond motifs is 3. The number of aryl methyl sites for hydroxylation is 3. The number of nitrogens with two attached hydrogens (primary N) is 1. The zero-order valence-corrected chi connectivity index (χ0v) is 68.4. The average Bonchev–Trinajstić information content (AvgIpc) is 1.62. The van der Waals surface area contributed by atoms with Gasteiger partial charge in [0.05, 0.1) is 16.6 Å². The van der Waals surface area contributed by atoms with Gasteiger partial charge in [-0.2, -0.15) is 0 Å². The summed E-state index contributed by atoms with van der Waals surface area (Å²) in [5, 5.41) is 3.57. The van der Waals surface area contributed by atoms with Gasteiger partial charge in [0, 0.05) is 146 Å². The largest absolute Gasteiger partial charge is 1.00 e. The quantitative estimate of drug-likeness (QED) is 0.0198. The first-order chi connectivity index (χ1) is 47.4. The fourth-order valence-corrected chi connectivity index (χ4v) is 12.3. The summed E-state index contributed by atoms with van der Waals surface area (Å²) in [6, 6.07) is 29.9. The molecule has 0 saturated heterocycles. The van der Waals surface area contributed by atoms with E-state index < -0.39 is 70.1 Å². The number of aromatic nitrogens is 3. The van der Waals surface area contributed by atoms with Gasteiger partial charge < -0.3 is 52.9 Å². The van der Waals surface area contributed by atoms with Crippen LogP contribution in [0.4, 0.5) is 26.3 Å². The average molecular weight is 1720 g/mol. The molecule has 0 amide bonds. The topological polar surface area (TPSA) is 338 Å². The monoisotopic (exact) mass is 1720 g/mol. The number of hydrogen-bond acceptors (Lipinski definition) is 16. The second-order valence-electron chi connectivity index (χ2n) is 24.7. The van der Waals surface area contributed by atoms with E-state index in [0.717, 1.165) is 151 Å². The minimum absolute atomic E-state index is 0. The van der Waals surface area contributed by atoms with Crippen LogP contribution in [0, 0.1) is 117 Å². The van der Waals surface area contributed by atoms with Gasteiger partial charge in [-0.1, -0.05) is 36.4 Å². The van der Waals surface area contributed by atoms with Crippen LogP contribution in [0.5, 0.6) is 0 Å². The summed E-state index contributed by atoms with van der Waals surface area (Å²) in [6.07, 6.45) is 16.1. The number of nitrogens with one attached hydrogen (secondary N) is 4. The Balaban J connectivity index is 0.000000454. The molecule has 0 aliphatic heterocycles. The zero-order valence-electron chi connectivity index (χ0n) is 59.0. The van der Waals surface area contributed by atoms with Crippen LogP contribution in [0.1, 0.15) is 168 Å². The Morgan fingerprint density at radius 2 is 0.856 bits per heavy atom. The molecule has 0 atom stereocenters. The second-order valence-corrected chi connectivity index (χ2v) is 24.7. The van der Waals surface area contributed by atoms with Crippen LogP contribution in [0.3, 0.4) is 0 Å². The Morgan fingerprint density at radius 3 is 1.20 bits per heavy atom. The van der Waals surface area contributed by atoms with E-state index in [4.69, 9.17) is 19.0 Å². The number of aromatic amines is 3. The van der Waals surface area contributed by atoms with Crippen LogP contribution >= 0.6 is 0 Å². The predicted octanol–water partition coefficient (Wildman–Crippen LogP) is 8.86. The van der Waals surface area contributed by atoms with Crippen molar-refractivity contribution in [3.05, 3.63) is 209 Å². The first kappa shape index (κ1) is 94.5. The summed E-state index contributed by atoms with van der Waals surface area (Å²) >= 11 is 0. The molecule has 10 N–H and O–H groups in total. The first-order valence-corrected chi connectivity index (χ1v) is 33.0. The van der Waals surface area contributed by atoms with Crippen molar-refractivity contribution < 1.29 is 196 Å². The Kier molecular flexibility index (Phi) is 44.2. The fourth-order valence-electron chi connectivity index (χ4n) is 12.3. The van der Waals surface area contributed by atoms with Crippen LogP contribution in [-0.2, 0) is 52.9 Å². The van der Waals surface area contributed by atoms with Crippen LogP contribution in [0.2, 0.25) is 0 Å². The Labute approximate surface area is 687 Å². The summed E-state index contributed by atoms with van der Waals surface area (Å²) in [4.78, 5) is 92.0. The predicted molar refractivity (Wildman–Crippen MR) is 369 cm³/mol. The Bertz CT molecular complexity index is 4290.